The van der Waals surface area contributed by atoms with Crippen molar-refractivity contribution < 1.29 is 0 Å². The summed E-state index contributed by atoms with van der Waals surface area (Å²) < 4.78 is 2.63. The van der Waals surface area contributed by atoms with E-state index in [0.29, 0.717) is 0 Å². The van der Waals surface area contributed by atoms with Crippen molar-refractivity contribution >= 4 is 70.1 Å². The molecule has 0 saturated carbocycles. The molecule has 0 amide bonds. The maximum atomic E-state index is 2.41. The third-order valence-electron chi connectivity index (χ3n) is 9.05. The lowest BCUT2D eigenvalue weighted by Gasteiger charge is -2.27. The lowest BCUT2D eigenvalue weighted by atomic mass is 9.95. The van der Waals surface area contributed by atoms with E-state index < -0.39 is 0 Å². The van der Waals surface area contributed by atoms with Crippen molar-refractivity contribution in [3.8, 4) is 22.3 Å². The number of fused-ring (bicyclic) bond motifs is 5. The molecule has 0 radical (unpaired) electrons. The van der Waals surface area contributed by atoms with Crippen LogP contribution in [0.25, 0.3) is 64.0 Å². The van der Waals surface area contributed by atoms with Gasteiger partial charge < -0.3 is 4.90 Å². The first kappa shape index (κ1) is 26.7. The van der Waals surface area contributed by atoms with E-state index in [-0.39, 0.29) is 0 Å². The summed E-state index contributed by atoms with van der Waals surface area (Å²) in [4.78, 5) is 2.41. The van der Waals surface area contributed by atoms with Crippen molar-refractivity contribution in [1.82, 2.24) is 0 Å². The molecule has 1 heterocycles. The molecule has 46 heavy (non-hydrogen) atoms. The van der Waals surface area contributed by atoms with Crippen LogP contribution in [0.2, 0.25) is 0 Å². The van der Waals surface area contributed by atoms with Crippen LogP contribution in [-0.2, 0) is 0 Å². The Bertz CT molecular complexity index is 2530. The fourth-order valence-corrected chi connectivity index (χ4v) is 7.92. The zero-order valence-electron chi connectivity index (χ0n) is 25.1. The number of hydrogen-bond donors (Lipinski definition) is 0. The van der Waals surface area contributed by atoms with Crippen LogP contribution in [0.3, 0.4) is 0 Å². The standard InChI is InChI=1S/C44H29NS/c1-3-16-37-31(10-1)12-8-19-38(37)34-15-7-14-33(28-34)30-22-24-35(25-23-30)45(42-20-9-13-32-11-2-4-17-39(32)42)36-26-27-44-41(29-36)40-18-5-6-21-43(40)46-44/h1-29H. The topological polar surface area (TPSA) is 3.24 Å². The molecule has 0 unspecified atom stereocenters. The lowest BCUT2D eigenvalue weighted by molar-refractivity contribution is 1.30. The second-order valence-corrected chi connectivity index (χ2v) is 12.9. The highest BCUT2D eigenvalue weighted by Crippen LogP contribution is 2.43. The minimum absolute atomic E-state index is 1.13. The van der Waals surface area contributed by atoms with Crippen LogP contribution < -0.4 is 4.90 Å². The zero-order valence-corrected chi connectivity index (χ0v) is 25.9. The fourth-order valence-electron chi connectivity index (χ4n) is 6.83. The summed E-state index contributed by atoms with van der Waals surface area (Å²) in [5.41, 5.74) is 8.34. The highest BCUT2D eigenvalue weighted by molar-refractivity contribution is 7.25. The summed E-state index contributed by atoms with van der Waals surface area (Å²) in [5.74, 6) is 0. The number of nitrogens with zero attached hydrogens (tertiary/aromatic N) is 1. The van der Waals surface area contributed by atoms with Gasteiger partial charge in [-0.1, -0.05) is 127 Å². The average Bonchev–Trinajstić information content (AvgIpc) is 3.50. The minimum atomic E-state index is 1.13. The molecule has 0 spiro atoms. The zero-order chi connectivity index (χ0) is 30.5. The van der Waals surface area contributed by atoms with E-state index in [1.54, 1.807) is 0 Å². The maximum Gasteiger partial charge on any atom is 0.0540 e. The van der Waals surface area contributed by atoms with Gasteiger partial charge in [0.25, 0.3) is 0 Å². The molecule has 0 N–H and O–H groups in total. The molecule has 0 saturated heterocycles. The molecule has 0 aliphatic rings. The van der Waals surface area contributed by atoms with E-state index in [4.69, 9.17) is 0 Å². The predicted octanol–water partition coefficient (Wildman–Crippen LogP) is 13.2. The highest BCUT2D eigenvalue weighted by Gasteiger charge is 2.17. The molecule has 0 atom stereocenters. The van der Waals surface area contributed by atoms with Crippen molar-refractivity contribution in [3.05, 3.63) is 176 Å². The van der Waals surface area contributed by atoms with Crippen LogP contribution in [-0.4, -0.2) is 0 Å². The van der Waals surface area contributed by atoms with E-state index in [1.165, 1.54) is 69.7 Å². The predicted molar refractivity (Wildman–Crippen MR) is 200 cm³/mol. The quantitative estimate of drug-likeness (QED) is 0.189. The monoisotopic (exact) mass is 603 g/mol. The summed E-state index contributed by atoms with van der Waals surface area (Å²) in [6, 6.07) is 64.0. The van der Waals surface area contributed by atoms with Crippen molar-refractivity contribution in [2.45, 2.75) is 0 Å². The van der Waals surface area contributed by atoms with Gasteiger partial charge in [-0.15, -0.1) is 11.3 Å². The van der Waals surface area contributed by atoms with Gasteiger partial charge >= 0.3 is 0 Å². The summed E-state index contributed by atoms with van der Waals surface area (Å²) in [5, 5.41) is 7.60. The first-order valence-electron chi connectivity index (χ1n) is 15.7. The van der Waals surface area contributed by atoms with Crippen LogP contribution >= 0.6 is 11.3 Å². The van der Waals surface area contributed by atoms with Gasteiger partial charge in [0.2, 0.25) is 0 Å². The Kier molecular flexibility index (Phi) is 6.40. The Morgan fingerprint density at radius 1 is 0.348 bits per heavy atom. The molecule has 216 valence electrons. The number of anilines is 3. The third kappa shape index (κ3) is 4.54. The van der Waals surface area contributed by atoms with Crippen molar-refractivity contribution in [2.24, 2.45) is 0 Å². The molecule has 1 nitrogen and oxygen atoms in total. The Morgan fingerprint density at radius 2 is 0.957 bits per heavy atom. The van der Waals surface area contributed by atoms with Crippen LogP contribution in [0.1, 0.15) is 0 Å². The van der Waals surface area contributed by atoms with Crippen molar-refractivity contribution in [1.29, 1.82) is 0 Å². The lowest BCUT2D eigenvalue weighted by Crippen LogP contribution is -2.10. The van der Waals surface area contributed by atoms with Gasteiger partial charge in [-0.25, -0.2) is 0 Å². The van der Waals surface area contributed by atoms with Gasteiger partial charge in [0.15, 0.2) is 0 Å². The van der Waals surface area contributed by atoms with Crippen LogP contribution in [0.4, 0.5) is 17.1 Å². The second kappa shape index (κ2) is 11.0. The minimum Gasteiger partial charge on any atom is -0.310 e. The van der Waals surface area contributed by atoms with Gasteiger partial charge in [0.05, 0.1) is 5.69 Å². The number of thiophene rings is 1. The SMILES string of the molecule is c1cc(-c2ccc(N(c3ccc4sc5ccccc5c4c3)c3cccc4ccccc34)cc2)cc(-c2cccc3ccccc23)c1. The van der Waals surface area contributed by atoms with Gasteiger partial charge in [-0.2, -0.15) is 0 Å². The van der Waals surface area contributed by atoms with E-state index in [2.05, 4.69) is 181 Å². The van der Waals surface area contributed by atoms with Gasteiger partial charge in [-0.05, 0) is 86.9 Å². The fraction of sp³-hybridized carbons (Fsp3) is 0. The Morgan fingerprint density at radius 3 is 1.80 bits per heavy atom. The van der Waals surface area contributed by atoms with E-state index in [1.807, 2.05) is 11.3 Å². The van der Waals surface area contributed by atoms with Gasteiger partial charge in [0.1, 0.15) is 0 Å². The van der Waals surface area contributed by atoms with Gasteiger partial charge in [0, 0.05) is 36.9 Å². The maximum absolute atomic E-state index is 2.41. The van der Waals surface area contributed by atoms with Crippen LogP contribution in [0.15, 0.2) is 176 Å². The highest BCUT2D eigenvalue weighted by atomic mass is 32.1. The number of hydrogen-bond acceptors (Lipinski definition) is 2. The Labute approximate surface area is 272 Å². The van der Waals surface area contributed by atoms with Crippen LogP contribution in [0, 0.1) is 0 Å². The average molecular weight is 604 g/mol. The molecule has 8 aromatic carbocycles. The summed E-state index contributed by atoms with van der Waals surface area (Å²) >= 11 is 1.86. The largest absolute Gasteiger partial charge is 0.310 e. The second-order valence-electron chi connectivity index (χ2n) is 11.8. The summed E-state index contributed by atoms with van der Waals surface area (Å²) in [6.07, 6.45) is 0. The third-order valence-corrected chi connectivity index (χ3v) is 10.2. The molecule has 0 aliphatic heterocycles. The molecule has 2 heteroatoms. The normalized spacial score (nSPS) is 11.5. The molecule has 1 aromatic heterocycles. The molecule has 0 bridgehead atoms. The first-order valence-corrected chi connectivity index (χ1v) is 16.5. The van der Waals surface area contributed by atoms with E-state index in [9.17, 15) is 0 Å². The van der Waals surface area contributed by atoms with E-state index >= 15 is 0 Å². The molecule has 9 rings (SSSR count). The first-order chi connectivity index (χ1) is 22.8. The molecular weight excluding hydrogens is 575 g/mol. The van der Waals surface area contributed by atoms with Crippen molar-refractivity contribution in [3.63, 3.8) is 0 Å². The van der Waals surface area contributed by atoms with Crippen molar-refractivity contribution in [2.75, 3.05) is 4.90 Å². The molecule has 0 aliphatic carbocycles. The Balaban J connectivity index is 1.17. The van der Waals surface area contributed by atoms with E-state index in [0.717, 1.165) is 11.4 Å². The smallest absolute Gasteiger partial charge is 0.0540 e. The van der Waals surface area contributed by atoms with Crippen LogP contribution in [0.5, 0.6) is 0 Å². The molecule has 0 fully saturated rings. The molecular formula is C44H29NS. The number of rotatable bonds is 5. The Hall–Kier alpha value is -5.70. The summed E-state index contributed by atoms with van der Waals surface area (Å²) in [6.45, 7) is 0. The summed E-state index contributed by atoms with van der Waals surface area (Å²) in [7, 11) is 0. The number of benzene rings is 8. The molecule has 9 aromatic rings. The van der Waals surface area contributed by atoms with Gasteiger partial charge in [-0.3, -0.25) is 0 Å².